The van der Waals surface area contributed by atoms with Crippen LogP contribution in [0.2, 0.25) is 10.0 Å². The van der Waals surface area contributed by atoms with E-state index in [9.17, 15) is 14.9 Å². The predicted octanol–water partition coefficient (Wildman–Crippen LogP) is 5.51. The molecule has 0 unspecified atom stereocenters. The van der Waals surface area contributed by atoms with Crippen LogP contribution >= 0.6 is 23.2 Å². The molecule has 0 aromatic heterocycles. The summed E-state index contributed by atoms with van der Waals surface area (Å²) >= 11 is 12.4. The van der Waals surface area contributed by atoms with E-state index in [1.165, 1.54) is 19.2 Å². The minimum atomic E-state index is -0.491. The van der Waals surface area contributed by atoms with Crippen molar-refractivity contribution >= 4 is 40.5 Å². The number of nitro benzene ring substituents is 1. The van der Waals surface area contributed by atoms with Crippen LogP contribution in [0.25, 0.3) is 0 Å². The van der Waals surface area contributed by atoms with Gasteiger partial charge >= 0.3 is 5.97 Å². The number of ether oxygens (including phenoxy) is 1. The van der Waals surface area contributed by atoms with E-state index in [0.717, 1.165) is 17.5 Å². The molecule has 0 radical (unpaired) electrons. The normalized spacial score (nSPS) is 22.2. The summed E-state index contributed by atoms with van der Waals surface area (Å²) in [6, 6.07) is 7.93. The molecule has 4 rings (SSSR count). The van der Waals surface area contributed by atoms with Gasteiger partial charge in [-0.1, -0.05) is 41.4 Å². The highest BCUT2D eigenvalue weighted by Crippen LogP contribution is 2.53. The van der Waals surface area contributed by atoms with E-state index in [1.807, 2.05) is 0 Å². The maximum absolute atomic E-state index is 12.3. The molecule has 0 saturated carbocycles. The number of fused-ring (bicyclic) bond motifs is 3. The van der Waals surface area contributed by atoms with E-state index in [0.29, 0.717) is 16.3 Å². The van der Waals surface area contributed by atoms with Gasteiger partial charge in [-0.25, -0.2) is 4.79 Å². The lowest BCUT2D eigenvalue weighted by molar-refractivity contribution is -0.384. The van der Waals surface area contributed by atoms with Crippen LogP contribution in [0.1, 0.15) is 39.9 Å². The van der Waals surface area contributed by atoms with Gasteiger partial charge in [-0.3, -0.25) is 10.1 Å². The Morgan fingerprint density at radius 1 is 1.25 bits per heavy atom. The Morgan fingerprint density at radius 3 is 2.71 bits per heavy atom. The van der Waals surface area contributed by atoms with E-state index in [-0.39, 0.29) is 28.6 Å². The molecule has 1 heterocycles. The number of rotatable bonds is 3. The third kappa shape index (κ3) is 2.93. The Hall–Kier alpha value is -2.57. The molecule has 0 saturated heterocycles. The first-order valence-electron chi connectivity index (χ1n) is 8.70. The molecule has 6 nitrogen and oxygen atoms in total. The Balaban J connectivity index is 1.85. The fraction of sp³-hybridized carbons (Fsp3) is 0.250. The minimum absolute atomic E-state index is 0.0521. The molecule has 144 valence electrons. The van der Waals surface area contributed by atoms with Crippen LogP contribution in [-0.2, 0) is 4.74 Å². The van der Waals surface area contributed by atoms with Crippen molar-refractivity contribution in [2.24, 2.45) is 5.92 Å². The number of benzene rings is 2. The monoisotopic (exact) mass is 418 g/mol. The van der Waals surface area contributed by atoms with Crippen molar-refractivity contribution in [1.82, 2.24) is 0 Å². The van der Waals surface area contributed by atoms with Crippen LogP contribution in [0.4, 0.5) is 11.4 Å². The second-order valence-electron chi connectivity index (χ2n) is 6.82. The highest BCUT2D eigenvalue weighted by atomic mass is 35.5. The summed E-state index contributed by atoms with van der Waals surface area (Å²) in [4.78, 5) is 23.1. The predicted molar refractivity (Wildman–Crippen MR) is 107 cm³/mol. The molecule has 0 fully saturated rings. The van der Waals surface area contributed by atoms with Gasteiger partial charge in [0, 0.05) is 12.0 Å². The first-order chi connectivity index (χ1) is 13.4. The maximum atomic E-state index is 12.3. The Labute approximate surface area is 171 Å². The molecule has 1 N–H and O–H groups in total. The molecule has 1 aliphatic carbocycles. The molecular weight excluding hydrogens is 403 g/mol. The topological polar surface area (TPSA) is 81.5 Å². The second-order valence-corrected chi connectivity index (χ2v) is 7.63. The molecular formula is C20H16Cl2N2O4. The van der Waals surface area contributed by atoms with Crippen molar-refractivity contribution in [3.05, 3.63) is 79.3 Å². The number of esters is 1. The van der Waals surface area contributed by atoms with Crippen molar-refractivity contribution < 1.29 is 14.5 Å². The van der Waals surface area contributed by atoms with Crippen molar-refractivity contribution in [1.29, 1.82) is 0 Å². The van der Waals surface area contributed by atoms with Crippen molar-refractivity contribution in [3.63, 3.8) is 0 Å². The number of hydrogen-bond acceptors (Lipinski definition) is 5. The summed E-state index contributed by atoms with van der Waals surface area (Å²) in [5, 5.41) is 15.3. The number of halogens is 2. The van der Waals surface area contributed by atoms with Crippen LogP contribution in [0.5, 0.6) is 0 Å². The molecule has 28 heavy (non-hydrogen) atoms. The number of methoxy groups -OCH3 is 1. The lowest BCUT2D eigenvalue weighted by atomic mass is 9.75. The number of nitro groups is 1. The van der Waals surface area contributed by atoms with E-state index in [1.54, 1.807) is 18.2 Å². The molecule has 8 heteroatoms. The van der Waals surface area contributed by atoms with Gasteiger partial charge in [0.1, 0.15) is 5.02 Å². The first kappa shape index (κ1) is 18.8. The summed E-state index contributed by atoms with van der Waals surface area (Å²) in [5.41, 5.74) is 2.54. The van der Waals surface area contributed by atoms with E-state index >= 15 is 0 Å². The van der Waals surface area contributed by atoms with Crippen LogP contribution in [0.3, 0.4) is 0 Å². The molecule has 2 aliphatic rings. The summed E-state index contributed by atoms with van der Waals surface area (Å²) in [5.74, 6) is -0.395. The zero-order valence-corrected chi connectivity index (χ0v) is 16.3. The van der Waals surface area contributed by atoms with Crippen LogP contribution < -0.4 is 5.32 Å². The van der Waals surface area contributed by atoms with Crippen molar-refractivity contribution in [2.75, 3.05) is 12.4 Å². The smallest absolute Gasteiger partial charge is 0.338 e. The van der Waals surface area contributed by atoms with Gasteiger partial charge in [-0.05, 0) is 41.7 Å². The van der Waals surface area contributed by atoms with Gasteiger partial charge in [0.25, 0.3) is 5.69 Å². The standard InChI is InChI=1S/C20H16Cl2N2O4/c1-28-20(25)13-6-8-15(22)19-17(13)11-3-2-4-12(11)18(23-19)10-5-7-14(21)16(9-10)24(26)27/h2-3,5-9,11-12,18,23H,4H2,1H3/t11-,12-,18-/m1/s1. The highest BCUT2D eigenvalue weighted by Gasteiger charge is 2.41. The van der Waals surface area contributed by atoms with Crippen molar-refractivity contribution in [3.8, 4) is 0 Å². The van der Waals surface area contributed by atoms with Gasteiger partial charge in [-0.2, -0.15) is 0 Å². The molecule has 2 aromatic rings. The highest BCUT2D eigenvalue weighted by molar-refractivity contribution is 6.33. The number of carbonyl (C=O) groups excluding carboxylic acids is 1. The molecule has 3 atom stereocenters. The average Bonchev–Trinajstić information content (AvgIpc) is 3.17. The number of allylic oxidation sites excluding steroid dienone is 2. The van der Waals surface area contributed by atoms with Gasteiger partial charge < -0.3 is 10.1 Å². The zero-order valence-electron chi connectivity index (χ0n) is 14.8. The largest absolute Gasteiger partial charge is 0.465 e. The number of hydrogen-bond donors (Lipinski definition) is 1. The SMILES string of the molecule is COC(=O)c1ccc(Cl)c2c1[C@@H]1C=CC[C@H]1[C@@H](c1ccc(Cl)c([N+](=O)[O-])c1)N2. The van der Waals surface area contributed by atoms with Crippen LogP contribution in [-0.4, -0.2) is 18.0 Å². The lowest BCUT2D eigenvalue weighted by Crippen LogP contribution is -2.30. The number of anilines is 1. The summed E-state index contributed by atoms with van der Waals surface area (Å²) in [7, 11) is 1.34. The molecule has 0 amide bonds. The molecule has 0 spiro atoms. The fourth-order valence-corrected chi connectivity index (χ4v) is 4.56. The third-order valence-corrected chi connectivity index (χ3v) is 6.03. The number of carbonyl (C=O) groups is 1. The van der Waals surface area contributed by atoms with Crippen LogP contribution in [0.15, 0.2) is 42.5 Å². The molecule has 1 aliphatic heterocycles. The summed E-state index contributed by atoms with van der Waals surface area (Å²) in [6.45, 7) is 0. The summed E-state index contributed by atoms with van der Waals surface area (Å²) < 4.78 is 4.93. The fourth-order valence-electron chi connectivity index (χ4n) is 4.16. The van der Waals surface area contributed by atoms with Gasteiger partial charge in [0.05, 0.1) is 34.3 Å². The Morgan fingerprint density at radius 2 is 2.00 bits per heavy atom. The van der Waals surface area contributed by atoms with Gasteiger partial charge in [0.15, 0.2) is 0 Å². The van der Waals surface area contributed by atoms with E-state index in [4.69, 9.17) is 27.9 Å². The number of nitrogens with one attached hydrogen (secondary N) is 1. The van der Waals surface area contributed by atoms with Gasteiger partial charge in [0.2, 0.25) is 0 Å². The third-order valence-electron chi connectivity index (χ3n) is 5.40. The summed E-state index contributed by atoms with van der Waals surface area (Å²) in [6.07, 6.45) is 4.89. The van der Waals surface area contributed by atoms with Gasteiger partial charge in [-0.15, -0.1) is 0 Å². The Bertz CT molecular complexity index is 1020. The maximum Gasteiger partial charge on any atom is 0.338 e. The first-order valence-corrected chi connectivity index (χ1v) is 9.45. The average molecular weight is 419 g/mol. The quantitative estimate of drug-likeness (QED) is 0.307. The minimum Gasteiger partial charge on any atom is -0.465 e. The zero-order chi connectivity index (χ0) is 20.0. The van der Waals surface area contributed by atoms with Crippen LogP contribution in [0, 0.1) is 16.0 Å². The number of nitrogens with zero attached hydrogens (tertiary/aromatic N) is 1. The lowest BCUT2D eigenvalue weighted by Gasteiger charge is -2.38. The molecule has 0 bridgehead atoms. The second kappa shape index (κ2) is 7.11. The van der Waals surface area contributed by atoms with E-state index < -0.39 is 10.9 Å². The Kier molecular flexibility index (Phi) is 4.77. The van der Waals surface area contributed by atoms with E-state index in [2.05, 4.69) is 17.5 Å². The molecule has 2 aromatic carbocycles. The van der Waals surface area contributed by atoms with Crippen molar-refractivity contribution in [2.45, 2.75) is 18.4 Å².